The molecule has 0 spiro atoms. The molecule has 2 aromatic rings. The van der Waals surface area contributed by atoms with E-state index in [2.05, 4.69) is 21.2 Å². The van der Waals surface area contributed by atoms with E-state index in [0.717, 1.165) is 16.9 Å². The van der Waals surface area contributed by atoms with Gasteiger partial charge in [0.05, 0.1) is 0 Å². The quantitative estimate of drug-likeness (QED) is 0.647. The van der Waals surface area contributed by atoms with Crippen molar-refractivity contribution >= 4 is 11.8 Å². The summed E-state index contributed by atoms with van der Waals surface area (Å²) in [6.07, 6.45) is 5.58. The minimum atomic E-state index is -0.267. The molecule has 5 rings (SSSR count). The number of amides is 2. The first-order chi connectivity index (χ1) is 15.7. The molecule has 1 aromatic heterocycles. The van der Waals surface area contributed by atoms with Crippen LogP contribution in [0.1, 0.15) is 36.4 Å². The van der Waals surface area contributed by atoms with Crippen LogP contribution in [0, 0.1) is 5.92 Å². The molecule has 3 N–H and O–H groups in total. The van der Waals surface area contributed by atoms with E-state index in [1.165, 1.54) is 0 Å². The molecule has 2 unspecified atom stereocenters. The SMILES string of the molecule is O=C(NCc1ccc2c(c1)OCO2)C1CCN(C(=O)C2CC(c3cccnc3)NN2)CC1. The number of rotatable bonds is 5. The maximum absolute atomic E-state index is 12.9. The lowest BCUT2D eigenvalue weighted by atomic mass is 9.94. The molecular weight excluding hydrogens is 410 g/mol. The van der Waals surface area contributed by atoms with Crippen LogP contribution < -0.4 is 25.6 Å². The first-order valence-electron chi connectivity index (χ1n) is 11.0. The van der Waals surface area contributed by atoms with Crippen LogP contribution in [0.15, 0.2) is 42.7 Å². The van der Waals surface area contributed by atoms with Crippen LogP contribution in [0.25, 0.3) is 0 Å². The van der Waals surface area contributed by atoms with Crippen molar-refractivity contribution in [2.24, 2.45) is 5.92 Å². The smallest absolute Gasteiger partial charge is 0.241 e. The number of pyridine rings is 1. The van der Waals surface area contributed by atoms with Crippen molar-refractivity contribution < 1.29 is 19.1 Å². The van der Waals surface area contributed by atoms with Crippen molar-refractivity contribution in [3.05, 3.63) is 53.9 Å². The summed E-state index contributed by atoms with van der Waals surface area (Å²) in [6.45, 7) is 1.87. The van der Waals surface area contributed by atoms with E-state index in [-0.39, 0.29) is 36.6 Å². The Balaban J connectivity index is 1.08. The Bertz CT molecular complexity index is 978. The van der Waals surface area contributed by atoms with Gasteiger partial charge >= 0.3 is 0 Å². The maximum atomic E-state index is 12.9. The van der Waals surface area contributed by atoms with Gasteiger partial charge in [0.15, 0.2) is 11.5 Å². The van der Waals surface area contributed by atoms with E-state index in [1.54, 1.807) is 6.20 Å². The molecule has 3 aliphatic heterocycles. The highest BCUT2D eigenvalue weighted by Gasteiger charge is 2.35. The minimum Gasteiger partial charge on any atom is -0.454 e. The van der Waals surface area contributed by atoms with Crippen molar-refractivity contribution in [3.8, 4) is 11.5 Å². The fraction of sp³-hybridized carbons (Fsp3) is 0.435. The summed E-state index contributed by atoms with van der Waals surface area (Å²) < 4.78 is 10.7. The molecule has 9 nitrogen and oxygen atoms in total. The number of hydrazine groups is 1. The number of carbonyl (C=O) groups is 2. The largest absolute Gasteiger partial charge is 0.454 e. The van der Waals surface area contributed by atoms with Crippen molar-refractivity contribution in [1.82, 2.24) is 26.1 Å². The van der Waals surface area contributed by atoms with E-state index < -0.39 is 0 Å². The summed E-state index contributed by atoms with van der Waals surface area (Å²) >= 11 is 0. The normalized spacial score (nSPS) is 22.7. The number of nitrogens with one attached hydrogen (secondary N) is 3. The number of fused-ring (bicyclic) bond motifs is 1. The molecule has 168 valence electrons. The van der Waals surface area contributed by atoms with Gasteiger partial charge in [-0.2, -0.15) is 0 Å². The van der Waals surface area contributed by atoms with Crippen molar-refractivity contribution in [1.29, 1.82) is 0 Å². The summed E-state index contributed by atoms with van der Waals surface area (Å²) in [5.41, 5.74) is 8.36. The first-order valence-corrected chi connectivity index (χ1v) is 11.0. The summed E-state index contributed by atoms with van der Waals surface area (Å²) in [5.74, 6) is 1.49. The van der Waals surface area contributed by atoms with E-state index in [1.807, 2.05) is 41.4 Å². The molecule has 2 fully saturated rings. The van der Waals surface area contributed by atoms with Crippen LogP contribution in [0.3, 0.4) is 0 Å². The summed E-state index contributed by atoms with van der Waals surface area (Å²) in [4.78, 5) is 31.6. The van der Waals surface area contributed by atoms with Crippen LogP contribution in [0.2, 0.25) is 0 Å². The molecule has 2 saturated heterocycles. The minimum absolute atomic E-state index is 0.0343. The van der Waals surface area contributed by atoms with Gasteiger partial charge in [0.1, 0.15) is 6.04 Å². The average molecular weight is 438 g/mol. The monoisotopic (exact) mass is 437 g/mol. The second kappa shape index (κ2) is 9.13. The second-order valence-electron chi connectivity index (χ2n) is 8.42. The van der Waals surface area contributed by atoms with Gasteiger partial charge in [-0.25, -0.2) is 10.9 Å². The second-order valence-corrected chi connectivity index (χ2v) is 8.42. The zero-order chi connectivity index (χ0) is 21.9. The standard InChI is InChI=1S/C23H27N5O4/c29-22(25-12-15-3-4-20-21(10-15)32-14-31-20)16-5-8-28(9-6-16)23(30)19-11-18(26-27-19)17-2-1-7-24-13-17/h1-4,7,10,13,16,18-19,26-27H,5-6,8-9,11-12,14H2,(H,25,29). The maximum Gasteiger partial charge on any atom is 0.241 e. The van der Waals surface area contributed by atoms with Gasteiger partial charge in [0, 0.05) is 44.0 Å². The Hall–Kier alpha value is -3.17. The molecule has 0 radical (unpaired) electrons. The number of piperidine rings is 1. The fourth-order valence-corrected chi connectivity index (χ4v) is 4.49. The molecule has 0 saturated carbocycles. The lowest BCUT2D eigenvalue weighted by molar-refractivity contribution is -0.137. The van der Waals surface area contributed by atoms with Gasteiger partial charge in [-0.15, -0.1) is 0 Å². The molecule has 0 bridgehead atoms. The third kappa shape index (κ3) is 4.39. The number of hydrogen-bond acceptors (Lipinski definition) is 7. The van der Waals surface area contributed by atoms with Gasteiger partial charge in [0.25, 0.3) is 0 Å². The first kappa shape index (κ1) is 20.7. The van der Waals surface area contributed by atoms with Crippen LogP contribution in [0.4, 0.5) is 0 Å². The van der Waals surface area contributed by atoms with Crippen molar-refractivity contribution in [3.63, 3.8) is 0 Å². The lowest BCUT2D eigenvalue weighted by Crippen LogP contribution is -2.49. The van der Waals surface area contributed by atoms with Crippen LogP contribution in [-0.2, 0) is 16.1 Å². The van der Waals surface area contributed by atoms with Gasteiger partial charge in [-0.3, -0.25) is 14.6 Å². The van der Waals surface area contributed by atoms with Crippen LogP contribution in [-0.4, -0.2) is 47.6 Å². The third-order valence-corrected chi connectivity index (χ3v) is 6.37. The predicted molar refractivity (Wildman–Crippen MR) is 115 cm³/mol. The summed E-state index contributed by atoms with van der Waals surface area (Å²) in [6, 6.07) is 9.38. The Morgan fingerprint density at radius 1 is 1.12 bits per heavy atom. The third-order valence-electron chi connectivity index (χ3n) is 6.37. The zero-order valence-electron chi connectivity index (χ0n) is 17.8. The van der Waals surface area contributed by atoms with Crippen molar-refractivity contribution in [2.75, 3.05) is 19.9 Å². The Morgan fingerprint density at radius 3 is 2.78 bits per heavy atom. The van der Waals surface area contributed by atoms with Crippen molar-refractivity contribution in [2.45, 2.75) is 37.9 Å². The Morgan fingerprint density at radius 2 is 1.97 bits per heavy atom. The highest BCUT2D eigenvalue weighted by molar-refractivity contribution is 5.83. The molecule has 3 aliphatic rings. The molecule has 1 aromatic carbocycles. The van der Waals surface area contributed by atoms with E-state index >= 15 is 0 Å². The topological polar surface area (TPSA) is 105 Å². The average Bonchev–Trinajstić information content (AvgIpc) is 3.52. The highest BCUT2D eigenvalue weighted by atomic mass is 16.7. The number of hydrogen-bond donors (Lipinski definition) is 3. The van der Waals surface area contributed by atoms with Gasteiger partial charge in [0.2, 0.25) is 18.6 Å². The Kier molecular flexibility index (Phi) is 5.91. The number of likely N-dealkylation sites (tertiary alicyclic amines) is 1. The molecule has 9 heteroatoms. The number of ether oxygens (including phenoxy) is 2. The molecular formula is C23H27N5O4. The number of carbonyl (C=O) groups excluding carboxylic acids is 2. The number of aromatic nitrogens is 1. The molecule has 4 heterocycles. The van der Waals surface area contributed by atoms with Gasteiger partial charge in [-0.1, -0.05) is 12.1 Å². The predicted octanol–water partition coefficient (Wildman–Crippen LogP) is 1.27. The summed E-state index contributed by atoms with van der Waals surface area (Å²) in [7, 11) is 0. The highest BCUT2D eigenvalue weighted by Crippen LogP contribution is 2.32. The molecule has 32 heavy (non-hydrogen) atoms. The number of benzene rings is 1. The lowest BCUT2D eigenvalue weighted by Gasteiger charge is -2.32. The molecule has 0 aliphatic carbocycles. The Labute approximate surface area is 186 Å². The van der Waals surface area contributed by atoms with E-state index in [0.29, 0.717) is 44.6 Å². The van der Waals surface area contributed by atoms with Gasteiger partial charge < -0.3 is 19.7 Å². The van der Waals surface area contributed by atoms with E-state index in [4.69, 9.17) is 9.47 Å². The van der Waals surface area contributed by atoms with E-state index in [9.17, 15) is 9.59 Å². The zero-order valence-corrected chi connectivity index (χ0v) is 17.8. The van der Waals surface area contributed by atoms with Gasteiger partial charge in [-0.05, 0) is 48.6 Å². The molecule has 2 atom stereocenters. The fourth-order valence-electron chi connectivity index (χ4n) is 4.49. The number of nitrogens with zero attached hydrogens (tertiary/aromatic N) is 2. The van der Waals surface area contributed by atoms with Crippen LogP contribution in [0.5, 0.6) is 11.5 Å². The molecule has 2 amide bonds. The summed E-state index contributed by atoms with van der Waals surface area (Å²) in [5, 5.41) is 3.02. The van der Waals surface area contributed by atoms with Crippen LogP contribution >= 0.6 is 0 Å².